The van der Waals surface area contributed by atoms with E-state index < -0.39 is 0 Å². The van der Waals surface area contributed by atoms with Crippen molar-refractivity contribution < 1.29 is 0 Å². The first-order valence-electron chi connectivity index (χ1n) is 4.53. The molecule has 76 valence electrons. The molecule has 0 aromatic heterocycles. The van der Waals surface area contributed by atoms with Crippen LogP contribution in [0.2, 0.25) is 5.02 Å². The van der Waals surface area contributed by atoms with Crippen molar-refractivity contribution in [2.45, 2.75) is 19.3 Å². The van der Waals surface area contributed by atoms with Crippen LogP contribution < -0.4 is 0 Å². The summed E-state index contributed by atoms with van der Waals surface area (Å²) in [6.07, 6.45) is 5.21. The van der Waals surface area contributed by atoms with Gasteiger partial charge in [0.15, 0.2) is 0 Å². The van der Waals surface area contributed by atoms with Crippen molar-refractivity contribution in [1.29, 1.82) is 0 Å². The Hall–Kier alpha value is -0.0500. The van der Waals surface area contributed by atoms with Gasteiger partial charge in [0.2, 0.25) is 0 Å². The molecule has 0 aliphatic heterocycles. The topological polar surface area (TPSA) is 0 Å². The zero-order chi connectivity index (χ0) is 10.4. The van der Waals surface area contributed by atoms with Crippen LogP contribution in [0.25, 0.3) is 0 Å². The predicted octanol–water partition coefficient (Wildman–Crippen LogP) is 4.35. The molecule has 0 saturated heterocycles. The molecule has 0 heterocycles. The average molecular weight is 245 g/mol. The van der Waals surface area contributed by atoms with Gasteiger partial charge in [0.25, 0.3) is 0 Å². The highest BCUT2D eigenvalue weighted by Crippen LogP contribution is 2.14. The summed E-state index contributed by atoms with van der Waals surface area (Å²) in [5.41, 5.74) is 1.29. The van der Waals surface area contributed by atoms with E-state index in [9.17, 15) is 0 Å². The van der Waals surface area contributed by atoms with Crippen molar-refractivity contribution in [3.05, 3.63) is 34.9 Å². The molecule has 0 atom stereocenters. The molecule has 1 rings (SSSR count). The summed E-state index contributed by atoms with van der Waals surface area (Å²) < 4.78 is 1.09. The van der Waals surface area contributed by atoms with Crippen molar-refractivity contribution >= 4 is 39.8 Å². The molecule has 0 aliphatic rings. The Morgan fingerprint density at radius 2 is 2.29 bits per heavy atom. The minimum absolute atomic E-state index is 0.815. The van der Waals surface area contributed by atoms with Gasteiger partial charge in [-0.15, -0.1) is 11.8 Å². The lowest BCUT2D eigenvalue weighted by atomic mass is 10.1. The van der Waals surface area contributed by atoms with Gasteiger partial charge in [-0.2, -0.15) is 0 Å². The highest BCUT2D eigenvalue weighted by molar-refractivity contribution is 8.22. The second-order valence-corrected chi connectivity index (χ2v) is 5.15. The standard InChI is InChI=1S/C11H13ClS2/c1-14-11(13)7-3-5-9-4-2-6-10(12)8-9/h2,4,6,8H,3,5,7H2,1H3. The summed E-state index contributed by atoms with van der Waals surface area (Å²) >= 11 is 12.7. The van der Waals surface area contributed by atoms with Gasteiger partial charge < -0.3 is 0 Å². The number of benzene rings is 1. The highest BCUT2D eigenvalue weighted by Gasteiger charge is 1.97. The molecule has 0 saturated carbocycles. The summed E-state index contributed by atoms with van der Waals surface area (Å²) in [5, 5.41) is 0.815. The molecule has 1 aromatic rings. The van der Waals surface area contributed by atoms with Crippen LogP contribution in [0.3, 0.4) is 0 Å². The second-order valence-electron chi connectivity index (χ2n) is 3.06. The maximum atomic E-state index is 5.88. The van der Waals surface area contributed by atoms with Crippen LogP contribution in [0.15, 0.2) is 24.3 Å². The minimum Gasteiger partial charge on any atom is -0.122 e. The summed E-state index contributed by atoms with van der Waals surface area (Å²) in [7, 11) is 0. The number of halogens is 1. The maximum Gasteiger partial charge on any atom is 0.0475 e. The Labute approximate surface area is 100 Å². The lowest BCUT2D eigenvalue weighted by Gasteiger charge is -2.01. The first-order chi connectivity index (χ1) is 6.72. The third-order valence-corrected chi connectivity index (χ3v) is 3.56. The van der Waals surface area contributed by atoms with Crippen LogP contribution in [0.4, 0.5) is 0 Å². The van der Waals surface area contributed by atoms with Crippen molar-refractivity contribution in [1.82, 2.24) is 0 Å². The molecule has 0 N–H and O–H groups in total. The van der Waals surface area contributed by atoms with E-state index in [1.807, 2.05) is 24.5 Å². The number of thiocarbonyl (C=S) groups is 1. The van der Waals surface area contributed by atoms with E-state index >= 15 is 0 Å². The fourth-order valence-electron chi connectivity index (χ4n) is 1.23. The van der Waals surface area contributed by atoms with Crippen LogP contribution in [0, 0.1) is 0 Å². The van der Waals surface area contributed by atoms with Gasteiger partial charge in [-0.05, 0) is 43.2 Å². The molecule has 1 aromatic carbocycles. The third kappa shape index (κ3) is 4.45. The highest BCUT2D eigenvalue weighted by atomic mass is 35.5. The van der Waals surface area contributed by atoms with Gasteiger partial charge in [-0.1, -0.05) is 36.0 Å². The summed E-state index contributed by atoms with van der Waals surface area (Å²) in [6.45, 7) is 0. The lowest BCUT2D eigenvalue weighted by Crippen LogP contribution is -1.90. The second kappa shape index (κ2) is 6.44. The van der Waals surface area contributed by atoms with Crippen LogP contribution in [-0.4, -0.2) is 10.5 Å². The molecule has 3 heteroatoms. The third-order valence-electron chi connectivity index (χ3n) is 1.96. The van der Waals surface area contributed by atoms with Crippen molar-refractivity contribution in [2.75, 3.05) is 6.26 Å². The molecule has 0 aliphatic carbocycles. The normalized spacial score (nSPS) is 10.1. The van der Waals surface area contributed by atoms with Gasteiger partial charge in [0.05, 0.1) is 0 Å². The maximum absolute atomic E-state index is 5.88. The monoisotopic (exact) mass is 244 g/mol. The van der Waals surface area contributed by atoms with Crippen LogP contribution in [0.1, 0.15) is 18.4 Å². The molecule has 0 unspecified atom stereocenters. The fraction of sp³-hybridized carbons (Fsp3) is 0.364. The largest absolute Gasteiger partial charge is 0.122 e. The van der Waals surface area contributed by atoms with Crippen molar-refractivity contribution in [3.63, 3.8) is 0 Å². The Kier molecular flexibility index (Phi) is 5.53. The summed E-state index contributed by atoms with van der Waals surface area (Å²) in [4.78, 5) is 0. The molecule has 0 spiro atoms. The molecule has 0 bridgehead atoms. The van der Waals surface area contributed by atoms with E-state index in [-0.39, 0.29) is 0 Å². The van der Waals surface area contributed by atoms with E-state index in [1.54, 1.807) is 11.8 Å². The Morgan fingerprint density at radius 1 is 1.50 bits per heavy atom. The fourth-order valence-corrected chi connectivity index (χ4v) is 1.94. The molecular weight excluding hydrogens is 232 g/mol. The van der Waals surface area contributed by atoms with E-state index in [1.165, 1.54) is 5.56 Å². The first kappa shape index (κ1) is 12.0. The number of aryl methyl sites for hydroxylation is 1. The van der Waals surface area contributed by atoms with E-state index in [0.29, 0.717) is 0 Å². The van der Waals surface area contributed by atoms with Crippen molar-refractivity contribution in [2.24, 2.45) is 0 Å². The Balaban J connectivity index is 2.35. The Morgan fingerprint density at radius 3 is 2.93 bits per heavy atom. The van der Waals surface area contributed by atoms with E-state index in [4.69, 9.17) is 23.8 Å². The molecule has 14 heavy (non-hydrogen) atoms. The number of thioether (sulfide) groups is 1. The van der Waals surface area contributed by atoms with Crippen LogP contribution in [0.5, 0.6) is 0 Å². The number of rotatable bonds is 4. The first-order valence-corrected chi connectivity index (χ1v) is 6.54. The summed E-state index contributed by atoms with van der Waals surface area (Å²) in [6, 6.07) is 8.01. The quantitative estimate of drug-likeness (QED) is 0.723. The average Bonchev–Trinajstić information content (AvgIpc) is 2.17. The zero-order valence-corrected chi connectivity index (χ0v) is 10.5. The molecule has 0 fully saturated rings. The van der Waals surface area contributed by atoms with Gasteiger partial charge in [-0.3, -0.25) is 0 Å². The SMILES string of the molecule is CSC(=S)CCCc1cccc(Cl)c1. The predicted molar refractivity (Wildman–Crippen MR) is 70.5 cm³/mol. The zero-order valence-electron chi connectivity index (χ0n) is 8.13. The van der Waals surface area contributed by atoms with Gasteiger partial charge >= 0.3 is 0 Å². The van der Waals surface area contributed by atoms with E-state index in [0.717, 1.165) is 28.5 Å². The minimum atomic E-state index is 0.815. The summed E-state index contributed by atoms with van der Waals surface area (Å²) in [5.74, 6) is 0. The molecule has 0 radical (unpaired) electrons. The molecule has 0 nitrogen and oxygen atoms in total. The lowest BCUT2D eigenvalue weighted by molar-refractivity contribution is 0.877. The smallest absolute Gasteiger partial charge is 0.0475 e. The Bertz CT molecular complexity index is 310. The van der Waals surface area contributed by atoms with Crippen molar-refractivity contribution in [3.8, 4) is 0 Å². The number of hydrogen-bond acceptors (Lipinski definition) is 2. The molecule has 0 amide bonds. The van der Waals surface area contributed by atoms with Crippen LogP contribution in [-0.2, 0) is 6.42 Å². The van der Waals surface area contributed by atoms with Crippen LogP contribution >= 0.6 is 35.6 Å². The van der Waals surface area contributed by atoms with Gasteiger partial charge in [-0.25, -0.2) is 0 Å². The molecular formula is C11H13ClS2. The van der Waals surface area contributed by atoms with Gasteiger partial charge in [0.1, 0.15) is 0 Å². The van der Waals surface area contributed by atoms with Gasteiger partial charge in [0, 0.05) is 9.22 Å². The van der Waals surface area contributed by atoms with E-state index in [2.05, 4.69) is 6.07 Å². The number of hydrogen-bond donors (Lipinski definition) is 0.